The minimum atomic E-state index is -1.85. The molecular formula is C20H39Cl3O2S. The molecule has 0 bridgehead atoms. The van der Waals surface area contributed by atoms with Crippen LogP contribution < -0.4 is 0 Å². The summed E-state index contributed by atoms with van der Waals surface area (Å²) in [5.41, 5.74) is 0. The van der Waals surface area contributed by atoms with Crippen LogP contribution in [-0.4, -0.2) is 18.8 Å². The Hall–Kier alpha value is 0.690. The molecule has 0 atom stereocenters. The van der Waals surface area contributed by atoms with Crippen LogP contribution in [0.1, 0.15) is 109 Å². The summed E-state index contributed by atoms with van der Waals surface area (Å²) in [6.07, 6.45) is 22.1. The number of carbonyl (C=O) groups is 1. The molecule has 0 amide bonds. The van der Waals surface area contributed by atoms with Crippen LogP contribution in [0.2, 0.25) is 0 Å². The molecule has 0 aromatic carbocycles. The molecule has 6 heteroatoms. The molecule has 158 valence electrons. The van der Waals surface area contributed by atoms with Crippen molar-refractivity contribution in [1.82, 2.24) is 0 Å². The Morgan fingerprint density at radius 3 is 1.15 bits per heavy atom. The van der Waals surface area contributed by atoms with Crippen molar-refractivity contribution >= 4 is 46.2 Å². The summed E-state index contributed by atoms with van der Waals surface area (Å²) in [7, 11) is 15.6. The molecule has 0 aromatic heterocycles. The maximum absolute atomic E-state index is 9.98. The first kappa shape index (κ1) is 26.7. The zero-order valence-corrected chi connectivity index (χ0v) is 19.5. The van der Waals surface area contributed by atoms with E-state index in [1.54, 1.807) is 0 Å². The van der Waals surface area contributed by atoms with Gasteiger partial charge < -0.3 is 4.74 Å². The first-order valence-corrected chi connectivity index (χ1v) is 14.8. The smallest absolute Gasteiger partial charge is 0.293 e. The summed E-state index contributed by atoms with van der Waals surface area (Å²) in [6.45, 7) is 1.12. The number of carbonyl (C=O) groups excluding carboxylic acids is 1. The third kappa shape index (κ3) is 24.7. The molecule has 0 rings (SSSR count). The molecule has 0 saturated heterocycles. The largest absolute Gasteiger partial charge is 0.468 e. The van der Waals surface area contributed by atoms with Crippen molar-refractivity contribution in [2.45, 2.75) is 109 Å². The van der Waals surface area contributed by atoms with Crippen LogP contribution in [0.4, 0.5) is 0 Å². The highest BCUT2D eigenvalue weighted by molar-refractivity contribution is 8.79. The molecule has 0 radical (unpaired) electrons. The fourth-order valence-electron chi connectivity index (χ4n) is 3.15. The van der Waals surface area contributed by atoms with E-state index in [-0.39, 0.29) is 0 Å². The molecular weight excluding hydrogens is 411 g/mol. The fraction of sp³-hybridized carbons (Fsp3) is 0.950. The lowest BCUT2D eigenvalue weighted by Crippen LogP contribution is -1.91. The molecule has 0 heterocycles. The summed E-state index contributed by atoms with van der Waals surface area (Å²) in [4.78, 5) is 9.98. The third-order valence-electron chi connectivity index (χ3n) is 4.71. The van der Waals surface area contributed by atoms with Gasteiger partial charge in [0.15, 0.2) is 0 Å². The highest BCUT2D eigenvalue weighted by Crippen LogP contribution is 2.63. The summed E-state index contributed by atoms with van der Waals surface area (Å²) in [6, 6.07) is 0. The van der Waals surface area contributed by atoms with Crippen LogP contribution in [0.3, 0.4) is 0 Å². The highest BCUT2D eigenvalue weighted by atomic mass is 36.2. The molecule has 0 aliphatic heterocycles. The number of unbranched alkanes of at least 4 members (excludes halogenated alkanes) is 16. The molecule has 2 nitrogen and oxygen atoms in total. The predicted octanol–water partition coefficient (Wildman–Crippen LogP) is 9.06. The Bertz CT molecular complexity index is 299. The van der Waals surface area contributed by atoms with E-state index in [4.69, 9.17) is 32.0 Å². The summed E-state index contributed by atoms with van der Waals surface area (Å²) >= 11 is 0. The first-order valence-electron chi connectivity index (χ1n) is 10.5. The van der Waals surface area contributed by atoms with Crippen molar-refractivity contribution in [2.75, 3.05) is 12.4 Å². The van der Waals surface area contributed by atoms with Crippen LogP contribution in [-0.2, 0) is 9.53 Å². The summed E-state index contributed by atoms with van der Waals surface area (Å²) < 4.78 is 4.68. The number of halogens is 3. The van der Waals surface area contributed by atoms with Crippen LogP contribution in [0, 0.1) is 0 Å². The molecule has 0 spiro atoms. The predicted molar refractivity (Wildman–Crippen MR) is 121 cm³/mol. The van der Waals surface area contributed by atoms with Crippen molar-refractivity contribution in [2.24, 2.45) is 0 Å². The SMILES string of the molecule is O=COCCCCCCCCCCCCCCCCCCCS(Cl)(Cl)Cl. The molecule has 0 aromatic rings. The number of rotatable bonds is 21. The fourth-order valence-corrected chi connectivity index (χ4v) is 4.66. The second-order valence-corrected chi connectivity index (χ2v) is 14.8. The second-order valence-electron chi connectivity index (χ2n) is 7.18. The van der Waals surface area contributed by atoms with Crippen molar-refractivity contribution in [3.05, 3.63) is 0 Å². The molecule has 26 heavy (non-hydrogen) atoms. The van der Waals surface area contributed by atoms with Gasteiger partial charge in [-0.25, -0.2) is 0 Å². The van der Waals surface area contributed by atoms with Gasteiger partial charge in [0, 0.05) is 5.75 Å². The van der Waals surface area contributed by atoms with Gasteiger partial charge in [-0.2, -0.15) is 0 Å². The standard InChI is InChI=1S/C20H39Cl3O2S/c21-26(22,23)19-17-15-13-11-9-7-5-3-1-2-4-6-8-10-12-14-16-18-25-20-24/h20H,1-19H2. The number of hydrogen-bond acceptors (Lipinski definition) is 2. The van der Waals surface area contributed by atoms with E-state index in [0.717, 1.165) is 18.6 Å². The van der Waals surface area contributed by atoms with Gasteiger partial charge in [0.1, 0.15) is 0 Å². The number of ether oxygens (including phenoxy) is 1. The van der Waals surface area contributed by atoms with Gasteiger partial charge in [0.25, 0.3) is 6.47 Å². The Labute approximate surface area is 176 Å². The zero-order valence-electron chi connectivity index (χ0n) is 16.4. The van der Waals surface area contributed by atoms with E-state index < -0.39 is 7.67 Å². The summed E-state index contributed by atoms with van der Waals surface area (Å²) in [5, 5.41) is 0. The van der Waals surface area contributed by atoms with Crippen LogP contribution in [0.25, 0.3) is 0 Å². The van der Waals surface area contributed by atoms with Gasteiger partial charge in [0.2, 0.25) is 0 Å². The molecule has 0 saturated carbocycles. The van der Waals surface area contributed by atoms with E-state index in [9.17, 15) is 4.79 Å². The van der Waals surface area contributed by atoms with Gasteiger partial charge in [-0.05, 0) is 52.6 Å². The lowest BCUT2D eigenvalue weighted by molar-refractivity contribution is -0.128. The highest BCUT2D eigenvalue weighted by Gasteiger charge is 2.11. The minimum Gasteiger partial charge on any atom is -0.468 e. The Morgan fingerprint density at radius 1 is 0.538 bits per heavy atom. The molecule has 0 aliphatic rings. The Balaban J connectivity index is 3.02. The quantitative estimate of drug-likeness (QED) is 0.129. The minimum absolute atomic E-state index is 0.539. The normalized spacial score (nSPS) is 12.3. The molecule has 0 N–H and O–H groups in total. The number of hydrogen-bond donors (Lipinski definition) is 0. The first-order chi connectivity index (χ1) is 12.6. The van der Waals surface area contributed by atoms with Crippen molar-refractivity contribution < 1.29 is 9.53 Å². The van der Waals surface area contributed by atoms with Crippen LogP contribution >= 0.6 is 39.7 Å². The van der Waals surface area contributed by atoms with Crippen LogP contribution in [0.15, 0.2) is 0 Å². The van der Waals surface area contributed by atoms with E-state index in [1.807, 2.05) is 0 Å². The van der Waals surface area contributed by atoms with Gasteiger partial charge in [0.05, 0.1) is 6.61 Å². The maximum atomic E-state index is 9.98. The van der Waals surface area contributed by atoms with Gasteiger partial charge in [-0.15, -0.1) is 0 Å². The zero-order chi connectivity index (χ0) is 19.3. The average Bonchev–Trinajstić information content (AvgIpc) is 2.59. The van der Waals surface area contributed by atoms with Gasteiger partial charge in [-0.3, -0.25) is 4.79 Å². The topological polar surface area (TPSA) is 26.3 Å². The van der Waals surface area contributed by atoms with Crippen molar-refractivity contribution in [3.63, 3.8) is 0 Å². The lowest BCUT2D eigenvalue weighted by Gasteiger charge is -2.14. The Morgan fingerprint density at radius 2 is 0.846 bits per heavy atom. The van der Waals surface area contributed by atoms with Crippen molar-refractivity contribution in [1.29, 1.82) is 0 Å². The maximum Gasteiger partial charge on any atom is 0.293 e. The Kier molecular flexibility index (Phi) is 21.0. The van der Waals surface area contributed by atoms with Gasteiger partial charge >= 0.3 is 0 Å². The lowest BCUT2D eigenvalue weighted by atomic mass is 10.0. The van der Waals surface area contributed by atoms with Crippen LogP contribution in [0.5, 0.6) is 0 Å². The molecule has 0 aliphatic carbocycles. The summed E-state index contributed by atoms with van der Waals surface area (Å²) in [5.74, 6) is 0.758. The average molecular weight is 450 g/mol. The monoisotopic (exact) mass is 448 g/mol. The van der Waals surface area contributed by atoms with E-state index >= 15 is 0 Å². The van der Waals surface area contributed by atoms with Gasteiger partial charge in [-0.1, -0.05) is 96.3 Å². The second kappa shape index (κ2) is 20.4. The molecule has 0 fully saturated rings. The molecule has 0 unspecified atom stereocenters. The van der Waals surface area contributed by atoms with Crippen molar-refractivity contribution in [3.8, 4) is 0 Å². The van der Waals surface area contributed by atoms with E-state index in [0.29, 0.717) is 13.1 Å². The van der Waals surface area contributed by atoms with E-state index in [2.05, 4.69) is 4.74 Å². The van der Waals surface area contributed by atoms with E-state index in [1.165, 1.54) is 96.3 Å². The third-order valence-corrected chi connectivity index (χ3v) is 6.85.